The Kier molecular flexibility index (Phi) is 7.86. The van der Waals surface area contributed by atoms with Crippen molar-refractivity contribution in [2.75, 3.05) is 54.4 Å². The number of amides is 2. The molecule has 1 N–H and O–H groups in total. The minimum Gasteiger partial charge on any atom is -0.371 e. The Bertz CT molecular complexity index is 1360. The number of anilines is 3. The third-order valence-corrected chi connectivity index (χ3v) is 7.18. The lowest BCUT2D eigenvalue weighted by Gasteiger charge is -2.35. The van der Waals surface area contributed by atoms with Crippen molar-refractivity contribution < 1.29 is 14.5 Å². The first-order chi connectivity index (χ1) is 19.0. The summed E-state index contributed by atoms with van der Waals surface area (Å²) < 4.78 is 0. The molecule has 9 nitrogen and oxygen atoms in total. The molecule has 0 unspecified atom stereocenters. The molecule has 5 rings (SSSR count). The molecule has 2 saturated heterocycles. The number of piperazine rings is 1. The van der Waals surface area contributed by atoms with Gasteiger partial charge in [0.1, 0.15) is 0 Å². The van der Waals surface area contributed by atoms with Crippen molar-refractivity contribution in [1.82, 2.24) is 4.90 Å². The van der Waals surface area contributed by atoms with Crippen LogP contribution in [0.1, 0.15) is 28.8 Å². The molecule has 39 heavy (non-hydrogen) atoms. The van der Waals surface area contributed by atoms with E-state index in [0.29, 0.717) is 37.4 Å². The molecule has 2 aliphatic rings. The molecule has 0 aliphatic carbocycles. The van der Waals surface area contributed by atoms with Gasteiger partial charge in [0.15, 0.2) is 0 Å². The van der Waals surface area contributed by atoms with Crippen LogP contribution in [-0.4, -0.2) is 60.9 Å². The topological polar surface area (TPSA) is 99.0 Å². The number of hydrogen-bond donors (Lipinski definition) is 1. The Morgan fingerprint density at radius 3 is 2.18 bits per heavy atom. The minimum atomic E-state index is -0.480. The first-order valence-electron chi connectivity index (χ1n) is 13.2. The van der Waals surface area contributed by atoms with Gasteiger partial charge in [-0.2, -0.15) is 0 Å². The minimum absolute atomic E-state index is 0.00557. The average Bonchev–Trinajstić information content (AvgIpc) is 3.52. The van der Waals surface area contributed by atoms with Gasteiger partial charge in [-0.15, -0.1) is 0 Å². The highest BCUT2D eigenvalue weighted by molar-refractivity contribution is 6.08. The lowest BCUT2D eigenvalue weighted by atomic mass is 10.1. The van der Waals surface area contributed by atoms with Gasteiger partial charge in [0, 0.05) is 68.9 Å². The summed E-state index contributed by atoms with van der Waals surface area (Å²) >= 11 is 0. The Morgan fingerprint density at radius 2 is 1.51 bits per heavy atom. The molecule has 2 aliphatic heterocycles. The largest absolute Gasteiger partial charge is 0.371 e. The van der Waals surface area contributed by atoms with Gasteiger partial charge in [-0.3, -0.25) is 19.7 Å². The Balaban J connectivity index is 1.19. The van der Waals surface area contributed by atoms with Gasteiger partial charge in [0.05, 0.1) is 16.2 Å². The number of non-ortho nitro benzene ring substituents is 1. The summed E-state index contributed by atoms with van der Waals surface area (Å²) in [5, 5.41) is 14.2. The molecular weight excluding hydrogens is 494 g/mol. The van der Waals surface area contributed by atoms with E-state index >= 15 is 0 Å². The molecule has 0 radical (unpaired) electrons. The molecule has 0 atom stereocenters. The van der Waals surface area contributed by atoms with Gasteiger partial charge < -0.3 is 20.0 Å². The molecule has 3 aromatic rings. The number of nitrogens with one attached hydrogen (secondary N) is 1. The fraction of sp³-hybridized carbons (Fsp3) is 0.267. The summed E-state index contributed by atoms with van der Waals surface area (Å²) in [5.41, 5.74) is 3.53. The van der Waals surface area contributed by atoms with E-state index < -0.39 is 4.92 Å². The van der Waals surface area contributed by atoms with E-state index in [2.05, 4.69) is 15.1 Å². The predicted octanol–water partition coefficient (Wildman–Crippen LogP) is 4.81. The number of nitro benzene ring substituents is 1. The molecule has 0 saturated carbocycles. The lowest BCUT2D eigenvalue weighted by molar-refractivity contribution is -0.384. The Hall–Kier alpha value is -4.66. The zero-order chi connectivity index (χ0) is 27.2. The van der Waals surface area contributed by atoms with E-state index in [1.165, 1.54) is 12.1 Å². The molecule has 0 aromatic heterocycles. The smallest absolute Gasteiger partial charge is 0.270 e. The quantitative estimate of drug-likeness (QED) is 0.270. The maximum Gasteiger partial charge on any atom is 0.270 e. The second-order valence-electron chi connectivity index (χ2n) is 9.71. The first kappa shape index (κ1) is 26.0. The van der Waals surface area contributed by atoms with Crippen LogP contribution in [0.15, 0.2) is 78.9 Å². The van der Waals surface area contributed by atoms with Gasteiger partial charge in [0.25, 0.3) is 11.6 Å². The van der Waals surface area contributed by atoms with Gasteiger partial charge >= 0.3 is 0 Å². The molecule has 2 fully saturated rings. The predicted molar refractivity (Wildman–Crippen MR) is 153 cm³/mol. The molecule has 2 amide bonds. The number of carbonyl (C=O) groups is 2. The summed E-state index contributed by atoms with van der Waals surface area (Å²) in [5.74, 6) is -0.366. The van der Waals surface area contributed by atoms with E-state index in [1.807, 2.05) is 65.6 Å². The molecular formula is C30H31N5O4. The standard InChI is InChI=1S/C30H31N5O4/c36-29(15-8-23-6-2-1-3-7-23)34-20-18-32(19-21-34)25-11-9-24(10-12-25)31-30(37)27-22-26(35(38)39)13-14-28(27)33-16-4-5-17-33/h1-3,6-15,22H,4-5,16-21H2,(H,31,37)/b15-8+. The van der Waals surface area contributed by atoms with Crippen LogP contribution >= 0.6 is 0 Å². The van der Waals surface area contributed by atoms with Gasteiger partial charge in [0.2, 0.25) is 5.91 Å². The maximum absolute atomic E-state index is 13.2. The van der Waals surface area contributed by atoms with E-state index in [9.17, 15) is 19.7 Å². The van der Waals surface area contributed by atoms with Gasteiger partial charge in [-0.05, 0) is 54.8 Å². The lowest BCUT2D eigenvalue weighted by Crippen LogP contribution is -2.48. The van der Waals surface area contributed by atoms with Crippen LogP contribution in [0.4, 0.5) is 22.7 Å². The third kappa shape index (κ3) is 6.26. The number of nitrogens with zero attached hydrogens (tertiary/aromatic N) is 4. The normalized spacial score (nSPS) is 15.5. The highest BCUT2D eigenvalue weighted by Gasteiger charge is 2.23. The Morgan fingerprint density at radius 1 is 0.821 bits per heavy atom. The van der Waals surface area contributed by atoms with Crippen LogP contribution in [0.3, 0.4) is 0 Å². The number of rotatable bonds is 7. The molecule has 2 heterocycles. The molecule has 0 spiro atoms. The van der Waals surface area contributed by atoms with Crippen molar-refractivity contribution in [3.05, 3.63) is 100 Å². The molecule has 3 aromatic carbocycles. The van der Waals surface area contributed by atoms with Crippen molar-refractivity contribution in [2.24, 2.45) is 0 Å². The maximum atomic E-state index is 13.2. The summed E-state index contributed by atoms with van der Waals surface area (Å²) in [4.78, 5) is 42.8. The number of carbonyl (C=O) groups excluding carboxylic acids is 2. The van der Waals surface area contributed by atoms with Crippen molar-refractivity contribution in [3.8, 4) is 0 Å². The van der Waals surface area contributed by atoms with Gasteiger partial charge in [-0.25, -0.2) is 0 Å². The van der Waals surface area contributed by atoms with Crippen LogP contribution in [-0.2, 0) is 4.79 Å². The van der Waals surface area contributed by atoms with Crippen molar-refractivity contribution in [3.63, 3.8) is 0 Å². The number of nitro groups is 1. The van der Waals surface area contributed by atoms with Crippen molar-refractivity contribution >= 4 is 40.6 Å². The fourth-order valence-electron chi connectivity index (χ4n) is 5.03. The first-order valence-corrected chi connectivity index (χ1v) is 13.2. The van der Waals surface area contributed by atoms with E-state index in [4.69, 9.17) is 0 Å². The number of benzene rings is 3. The van der Waals surface area contributed by atoms with E-state index in [-0.39, 0.29) is 17.5 Å². The van der Waals surface area contributed by atoms with Crippen LogP contribution in [0, 0.1) is 10.1 Å². The third-order valence-electron chi connectivity index (χ3n) is 7.18. The summed E-state index contributed by atoms with van der Waals surface area (Å²) in [6.07, 6.45) is 5.53. The fourth-order valence-corrected chi connectivity index (χ4v) is 5.03. The molecule has 0 bridgehead atoms. The summed E-state index contributed by atoms with van der Waals surface area (Å²) in [6.45, 7) is 4.34. The molecule has 9 heteroatoms. The van der Waals surface area contributed by atoms with Crippen molar-refractivity contribution in [1.29, 1.82) is 0 Å². The monoisotopic (exact) mass is 525 g/mol. The van der Waals surface area contributed by atoms with E-state index in [1.54, 1.807) is 12.1 Å². The highest BCUT2D eigenvalue weighted by atomic mass is 16.6. The SMILES string of the molecule is O=C(Nc1ccc(N2CCN(C(=O)/C=C/c3ccccc3)CC2)cc1)c1cc([N+](=O)[O-])ccc1N1CCCC1. The second kappa shape index (κ2) is 11.8. The average molecular weight is 526 g/mol. The van der Waals surface area contributed by atoms with Gasteiger partial charge in [-0.1, -0.05) is 30.3 Å². The summed E-state index contributed by atoms with van der Waals surface area (Å²) in [7, 11) is 0. The zero-order valence-electron chi connectivity index (χ0n) is 21.7. The molecule has 200 valence electrons. The van der Waals surface area contributed by atoms with E-state index in [0.717, 1.165) is 42.9 Å². The summed E-state index contributed by atoms with van der Waals surface area (Å²) in [6, 6.07) is 21.8. The van der Waals surface area contributed by atoms with Crippen LogP contribution in [0.2, 0.25) is 0 Å². The highest BCUT2D eigenvalue weighted by Crippen LogP contribution is 2.29. The van der Waals surface area contributed by atoms with Crippen molar-refractivity contribution in [2.45, 2.75) is 12.8 Å². The Labute approximate surface area is 227 Å². The number of hydrogen-bond acceptors (Lipinski definition) is 6. The zero-order valence-corrected chi connectivity index (χ0v) is 21.7. The second-order valence-corrected chi connectivity index (χ2v) is 9.71. The van der Waals surface area contributed by atoms with Crippen LogP contribution in [0.5, 0.6) is 0 Å². The van der Waals surface area contributed by atoms with Crippen LogP contribution < -0.4 is 15.1 Å². The van der Waals surface area contributed by atoms with Crippen LogP contribution in [0.25, 0.3) is 6.08 Å².